The molecule has 0 aliphatic rings. The summed E-state index contributed by atoms with van der Waals surface area (Å²) in [4.78, 5) is 47.0. The van der Waals surface area contributed by atoms with Crippen LogP contribution in [0.1, 0.15) is 32.3 Å². The summed E-state index contributed by atoms with van der Waals surface area (Å²) >= 11 is 0. The molecular formula is C19H26N3O7-. The molecule has 0 aliphatic heterocycles. The van der Waals surface area contributed by atoms with Crippen LogP contribution in [-0.4, -0.2) is 47.0 Å². The molecule has 6 N–H and O–H groups in total. The highest BCUT2D eigenvalue weighted by atomic mass is 16.4. The van der Waals surface area contributed by atoms with Crippen LogP contribution in [0.5, 0.6) is 5.75 Å². The predicted octanol–water partition coefficient (Wildman–Crippen LogP) is -3.55. The van der Waals surface area contributed by atoms with Gasteiger partial charge in [0.05, 0.1) is 12.0 Å². The molecule has 0 heterocycles. The Morgan fingerprint density at radius 1 is 1.07 bits per heavy atom. The first-order valence-corrected chi connectivity index (χ1v) is 9.17. The Hall–Kier alpha value is -3.14. The molecule has 0 spiro atoms. The molecule has 1 aromatic rings. The largest absolute Gasteiger partial charge is 0.550 e. The van der Waals surface area contributed by atoms with E-state index in [1.165, 1.54) is 12.1 Å². The van der Waals surface area contributed by atoms with E-state index in [9.17, 15) is 34.5 Å². The van der Waals surface area contributed by atoms with E-state index in [1.807, 2.05) is 0 Å². The highest BCUT2D eigenvalue weighted by Crippen LogP contribution is 2.11. The topological polar surface area (TPSA) is 186 Å². The second-order valence-electron chi connectivity index (χ2n) is 6.90. The molecular weight excluding hydrogens is 382 g/mol. The fourth-order valence-corrected chi connectivity index (χ4v) is 2.60. The Labute approximate surface area is 168 Å². The minimum Gasteiger partial charge on any atom is -0.550 e. The zero-order chi connectivity index (χ0) is 22.1. The first kappa shape index (κ1) is 23.9. The molecule has 0 aromatic heterocycles. The summed E-state index contributed by atoms with van der Waals surface area (Å²) in [5.74, 6) is -5.14. The molecule has 0 radical (unpaired) electrons. The average Bonchev–Trinajstić information content (AvgIpc) is 2.65. The number of amides is 2. The number of nitrogens with one attached hydrogen (secondary N) is 2. The van der Waals surface area contributed by atoms with Crippen LogP contribution in [0.2, 0.25) is 0 Å². The van der Waals surface area contributed by atoms with E-state index in [0.29, 0.717) is 12.0 Å². The maximum absolute atomic E-state index is 12.4. The van der Waals surface area contributed by atoms with Gasteiger partial charge in [-0.05, 0) is 23.6 Å². The minimum atomic E-state index is -1.59. The number of carbonyl (C=O) groups is 4. The van der Waals surface area contributed by atoms with Crippen LogP contribution in [0.15, 0.2) is 24.3 Å². The van der Waals surface area contributed by atoms with Gasteiger partial charge in [0.15, 0.2) is 6.04 Å². The standard InChI is InChI=1S/C19H27N3O7/c1-3-10(2)16(19(28)29)22-18(27)14(9-15(24)25)21-17(26)13(20)8-11-4-6-12(23)7-5-11/h4-7,10,13-14,16,23H,3,8-9,20H2,1-2H3,(H,21,26)(H,22,27)(H,24,25)(H,28,29)/p-1/t10-,13-,14-,16-/m0/s1. The maximum atomic E-state index is 12.4. The van der Waals surface area contributed by atoms with Gasteiger partial charge in [0, 0.05) is 18.8 Å². The molecule has 160 valence electrons. The third-order valence-electron chi connectivity index (χ3n) is 4.56. The van der Waals surface area contributed by atoms with Crippen molar-refractivity contribution in [2.75, 3.05) is 0 Å². The zero-order valence-corrected chi connectivity index (χ0v) is 16.3. The number of hydrogen-bond acceptors (Lipinski definition) is 7. The molecule has 0 bridgehead atoms. The summed E-state index contributed by atoms with van der Waals surface area (Å²) in [6.45, 7) is 3.32. The van der Waals surface area contributed by atoms with Crippen molar-refractivity contribution in [3.8, 4) is 5.75 Å². The molecule has 0 saturated heterocycles. The molecule has 0 saturated carbocycles. The second-order valence-corrected chi connectivity index (χ2v) is 6.90. The number of carbonyl (C=O) groups excluding carboxylic acids is 4. The van der Waals surface area contributed by atoms with Gasteiger partial charge in [-0.2, -0.15) is 0 Å². The Kier molecular flexibility index (Phi) is 9.07. The van der Waals surface area contributed by atoms with Crippen LogP contribution < -0.4 is 26.6 Å². The summed E-state index contributed by atoms with van der Waals surface area (Å²) in [6.07, 6.45) is -0.214. The molecule has 0 fully saturated rings. The van der Waals surface area contributed by atoms with Crippen molar-refractivity contribution in [3.63, 3.8) is 0 Å². The molecule has 1 rings (SSSR count). The summed E-state index contributed by atoms with van der Waals surface area (Å²) < 4.78 is 0. The first-order chi connectivity index (χ1) is 13.5. The van der Waals surface area contributed by atoms with Gasteiger partial charge in [-0.15, -0.1) is 0 Å². The number of aliphatic carboxylic acids is 2. The molecule has 4 atom stereocenters. The number of carboxylic acids is 2. The first-order valence-electron chi connectivity index (χ1n) is 9.17. The van der Waals surface area contributed by atoms with Crippen LogP contribution >= 0.6 is 0 Å². The highest BCUT2D eigenvalue weighted by Gasteiger charge is 2.29. The van der Waals surface area contributed by atoms with E-state index in [0.717, 1.165) is 0 Å². The van der Waals surface area contributed by atoms with Crippen molar-refractivity contribution in [2.24, 2.45) is 5.92 Å². The molecule has 2 amide bonds. The van der Waals surface area contributed by atoms with Gasteiger partial charge in [-0.3, -0.25) is 9.59 Å². The number of benzene rings is 1. The molecule has 1 aromatic carbocycles. The van der Waals surface area contributed by atoms with Crippen molar-refractivity contribution < 1.29 is 40.2 Å². The average molecular weight is 408 g/mol. The molecule has 29 heavy (non-hydrogen) atoms. The summed E-state index contributed by atoms with van der Waals surface area (Å²) in [5.41, 5.74) is 4.41. The molecule has 10 nitrogen and oxygen atoms in total. The lowest BCUT2D eigenvalue weighted by atomic mass is 9.98. The van der Waals surface area contributed by atoms with Crippen LogP contribution in [0.25, 0.3) is 0 Å². The molecule has 0 unspecified atom stereocenters. The fraction of sp³-hybridized carbons (Fsp3) is 0.474. The van der Waals surface area contributed by atoms with Gasteiger partial charge in [0.25, 0.3) is 5.91 Å². The van der Waals surface area contributed by atoms with Crippen molar-refractivity contribution in [1.29, 1.82) is 0 Å². The Morgan fingerprint density at radius 3 is 2.14 bits per heavy atom. The Bertz CT molecular complexity index is 736. The lowest BCUT2D eigenvalue weighted by Gasteiger charge is -2.28. The van der Waals surface area contributed by atoms with Crippen LogP contribution in [0, 0.1) is 5.92 Å². The third-order valence-corrected chi connectivity index (χ3v) is 4.56. The normalized spacial score (nSPS) is 14.9. The number of aromatic hydroxyl groups is 1. The van der Waals surface area contributed by atoms with Gasteiger partial charge >= 0.3 is 0 Å². The van der Waals surface area contributed by atoms with Crippen molar-refractivity contribution >= 4 is 23.8 Å². The summed E-state index contributed by atoms with van der Waals surface area (Å²) in [6, 6.07) is 2.38. The summed E-state index contributed by atoms with van der Waals surface area (Å²) in [5, 5.41) is 36.0. The van der Waals surface area contributed by atoms with E-state index < -0.39 is 54.2 Å². The fourth-order valence-electron chi connectivity index (χ4n) is 2.60. The predicted molar refractivity (Wildman–Crippen MR) is 96.4 cm³/mol. The Balaban J connectivity index is 2.84. The minimum absolute atomic E-state index is 0.0632. The number of quaternary nitrogens is 1. The van der Waals surface area contributed by atoms with Gasteiger partial charge in [0.2, 0.25) is 5.91 Å². The van der Waals surface area contributed by atoms with E-state index in [2.05, 4.69) is 16.4 Å². The number of phenolic OH excluding ortho intramolecular Hbond substituents is 1. The van der Waals surface area contributed by atoms with Crippen LogP contribution in [-0.2, 0) is 25.6 Å². The van der Waals surface area contributed by atoms with E-state index in [1.54, 1.807) is 26.0 Å². The van der Waals surface area contributed by atoms with E-state index >= 15 is 0 Å². The maximum Gasteiger partial charge on any atom is 0.279 e. The van der Waals surface area contributed by atoms with Crippen LogP contribution in [0.4, 0.5) is 0 Å². The smallest absolute Gasteiger partial charge is 0.279 e. The Morgan fingerprint density at radius 2 is 1.66 bits per heavy atom. The van der Waals surface area contributed by atoms with Crippen LogP contribution in [0.3, 0.4) is 0 Å². The number of rotatable bonds is 11. The van der Waals surface area contributed by atoms with Gasteiger partial charge in [0.1, 0.15) is 11.8 Å². The molecule has 0 aliphatic carbocycles. The highest BCUT2D eigenvalue weighted by molar-refractivity contribution is 5.93. The van der Waals surface area contributed by atoms with Gasteiger partial charge in [-0.25, -0.2) is 0 Å². The number of hydrogen-bond donors (Lipinski definition) is 4. The van der Waals surface area contributed by atoms with E-state index in [4.69, 9.17) is 0 Å². The van der Waals surface area contributed by atoms with Gasteiger partial charge in [-0.1, -0.05) is 32.4 Å². The van der Waals surface area contributed by atoms with E-state index in [-0.39, 0.29) is 12.2 Å². The monoisotopic (exact) mass is 408 g/mol. The second kappa shape index (κ2) is 11.0. The lowest BCUT2D eigenvalue weighted by molar-refractivity contribution is -0.403. The number of phenols is 1. The van der Waals surface area contributed by atoms with Crippen molar-refractivity contribution in [1.82, 2.24) is 10.6 Å². The third kappa shape index (κ3) is 7.78. The quantitative estimate of drug-likeness (QED) is 0.292. The number of carboxylic acid groups (broad SMARTS) is 2. The van der Waals surface area contributed by atoms with Crippen molar-refractivity contribution in [2.45, 2.75) is 51.2 Å². The lowest BCUT2D eigenvalue weighted by Crippen LogP contribution is -2.70. The zero-order valence-electron chi connectivity index (χ0n) is 16.3. The molecule has 10 heteroatoms. The summed E-state index contributed by atoms with van der Waals surface area (Å²) in [7, 11) is 0. The van der Waals surface area contributed by atoms with Crippen molar-refractivity contribution in [3.05, 3.63) is 29.8 Å². The SMILES string of the molecule is CC[C@H](C)[C@H](NC(=O)[C@H](CC(=O)[O-])NC(=O)[C@@H]([NH3+])Cc1ccc(O)cc1)C(=O)[O-]. The van der Waals surface area contributed by atoms with Gasteiger partial charge < -0.3 is 41.3 Å².